The molecule has 100 valence electrons. The van der Waals surface area contributed by atoms with Crippen molar-refractivity contribution in [2.45, 2.75) is 6.42 Å². The molecule has 0 bridgehead atoms. The number of rotatable bonds is 3. The van der Waals surface area contributed by atoms with Crippen molar-refractivity contribution in [2.24, 2.45) is 5.92 Å². The standard InChI is InChI=1S/C14H15BrN2O2/c15-10-5-11-12(16)1-2-13(14(11)17-6-10)19-8-9-3-4-18-7-9/h1-2,5-6,9H,3-4,7-8,16H2. The SMILES string of the molecule is Nc1ccc(OCC2CCOC2)c2ncc(Br)cc12. The van der Waals surface area contributed by atoms with E-state index in [2.05, 4.69) is 20.9 Å². The van der Waals surface area contributed by atoms with Crippen molar-refractivity contribution in [3.05, 3.63) is 28.9 Å². The average molecular weight is 323 g/mol. The maximum atomic E-state index is 5.98. The monoisotopic (exact) mass is 322 g/mol. The van der Waals surface area contributed by atoms with E-state index in [1.165, 1.54) is 0 Å². The minimum Gasteiger partial charge on any atom is -0.491 e. The van der Waals surface area contributed by atoms with Gasteiger partial charge in [0.25, 0.3) is 0 Å². The van der Waals surface area contributed by atoms with E-state index in [1.54, 1.807) is 6.20 Å². The molecule has 0 amide bonds. The summed E-state index contributed by atoms with van der Waals surface area (Å²) in [7, 11) is 0. The molecule has 5 heteroatoms. The van der Waals surface area contributed by atoms with E-state index in [0.717, 1.165) is 40.8 Å². The van der Waals surface area contributed by atoms with Crippen molar-refractivity contribution in [3.8, 4) is 5.75 Å². The molecule has 2 N–H and O–H groups in total. The molecule has 0 saturated carbocycles. The lowest BCUT2D eigenvalue weighted by Crippen LogP contribution is -2.12. The molecule has 0 aliphatic carbocycles. The molecule has 2 aromatic rings. The van der Waals surface area contributed by atoms with Gasteiger partial charge in [0.15, 0.2) is 0 Å². The van der Waals surface area contributed by atoms with Crippen LogP contribution >= 0.6 is 15.9 Å². The van der Waals surface area contributed by atoms with Gasteiger partial charge in [-0.1, -0.05) is 0 Å². The van der Waals surface area contributed by atoms with Crippen LogP contribution in [0.4, 0.5) is 5.69 Å². The van der Waals surface area contributed by atoms with E-state index in [-0.39, 0.29) is 0 Å². The second kappa shape index (κ2) is 5.35. The first-order chi connectivity index (χ1) is 9.24. The third-order valence-corrected chi connectivity index (χ3v) is 3.75. The molecular weight excluding hydrogens is 308 g/mol. The van der Waals surface area contributed by atoms with E-state index < -0.39 is 0 Å². The number of benzene rings is 1. The number of aromatic nitrogens is 1. The van der Waals surface area contributed by atoms with Crippen molar-refractivity contribution in [2.75, 3.05) is 25.6 Å². The predicted octanol–water partition coefficient (Wildman–Crippen LogP) is 2.99. The maximum absolute atomic E-state index is 5.98. The summed E-state index contributed by atoms with van der Waals surface area (Å²) < 4.78 is 12.1. The predicted molar refractivity (Wildman–Crippen MR) is 78.3 cm³/mol. The lowest BCUT2D eigenvalue weighted by molar-refractivity contribution is 0.167. The molecule has 1 aromatic heterocycles. The molecule has 1 fully saturated rings. The molecule has 0 spiro atoms. The summed E-state index contributed by atoms with van der Waals surface area (Å²) in [5.74, 6) is 1.26. The molecule has 1 unspecified atom stereocenters. The van der Waals surface area contributed by atoms with Gasteiger partial charge in [0, 0.05) is 34.3 Å². The lowest BCUT2D eigenvalue weighted by Gasteiger charge is -2.13. The summed E-state index contributed by atoms with van der Waals surface area (Å²) >= 11 is 3.41. The Labute approximate surface area is 120 Å². The summed E-state index contributed by atoms with van der Waals surface area (Å²) in [6.07, 6.45) is 2.82. The smallest absolute Gasteiger partial charge is 0.145 e. The minimum absolute atomic E-state index is 0.475. The van der Waals surface area contributed by atoms with Crippen molar-refractivity contribution in [1.82, 2.24) is 4.98 Å². The molecule has 0 radical (unpaired) electrons. The van der Waals surface area contributed by atoms with E-state index in [1.807, 2.05) is 18.2 Å². The molecular formula is C14H15BrN2O2. The number of hydrogen-bond donors (Lipinski definition) is 1. The Kier molecular flexibility index (Phi) is 3.57. The van der Waals surface area contributed by atoms with Crippen molar-refractivity contribution < 1.29 is 9.47 Å². The number of hydrogen-bond acceptors (Lipinski definition) is 4. The van der Waals surface area contributed by atoms with Crippen LogP contribution in [0.25, 0.3) is 10.9 Å². The van der Waals surface area contributed by atoms with Gasteiger partial charge in [-0.2, -0.15) is 0 Å². The van der Waals surface area contributed by atoms with Gasteiger partial charge in [-0.3, -0.25) is 4.98 Å². The number of nitrogen functional groups attached to an aromatic ring is 1. The first-order valence-corrected chi connectivity index (χ1v) is 7.07. The number of anilines is 1. The molecule has 19 heavy (non-hydrogen) atoms. The van der Waals surface area contributed by atoms with Gasteiger partial charge in [-0.25, -0.2) is 0 Å². The highest BCUT2D eigenvalue weighted by Crippen LogP contribution is 2.30. The number of halogens is 1. The molecule has 4 nitrogen and oxygen atoms in total. The summed E-state index contributed by atoms with van der Waals surface area (Å²) in [6.45, 7) is 2.28. The quantitative estimate of drug-likeness (QED) is 0.882. The number of ether oxygens (including phenoxy) is 2. The highest BCUT2D eigenvalue weighted by atomic mass is 79.9. The van der Waals surface area contributed by atoms with E-state index >= 15 is 0 Å². The van der Waals surface area contributed by atoms with Crippen molar-refractivity contribution in [1.29, 1.82) is 0 Å². The zero-order chi connectivity index (χ0) is 13.2. The summed E-state index contributed by atoms with van der Waals surface area (Å²) in [5.41, 5.74) is 7.49. The normalized spacial score (nSPS) is 18.9. The zero-order valence-corrected chi connectivity index (χ0v) is 12.0. The van der Waals surface area contributed by atoms with Crippen LogP contribution in [0.15, 0.2) is 28.9 Å². The van der Waals surface area contributed by atoms with E-state index in [9.17, 15) is 0 Å². The second-order valence-electron chi connectivity index (χ2n) is 4.74. The third-order valence-electron chi connectivity index (χ3n) is 3.31. The minimum atomic E-state index is 0.475. The van der Waals surface area contributed by atoms with Gasteiger partial charge in [-0.15, -0.1) is 0 Å². The van der Waals surface area contributed by atoms with Gasteiger partial charge in [0.05, 0.1) is 13.2 Å². The molecule has 1 aliphatic heterocycles. The summed E-state index contributed by atoms with van der Waals surface area (Å²) in [4.78, 5) is 4.40. The number of nitrogens with zero attached hydrogens (tertiary/aromatic N) is 1. The van der Waals surface area contributed by atoms with Gasteiger partial charge < -0.3 is 15.2 Å². The van der Waals surface area contributed by atoms with Crippen LogP contribution in [0.2, 0.25) is 0 Å². The fourth-order valence-corrected chi connectivity index (χ4v) is 2.56. The Morgan fingerprint density at radius 1 is 1.47 bits per heavy atom. The fourth-order valence-electron chi connectivity index (χ4n) is 2.23. The van der Waals surface area contributed by atoms with Crippen LogP contribution in [-0.2, 0) is 4.74 Å². The Bertz CT molecular complexity index is 597. The van der Waals surface area contributed by atoms with Gasteiger partial charge in [-0.05, 0) is 40.5 Å². The van der Waals surface area contributed by atoms with Crippen molar-refractivity contribution in [3.63, 3.8) is 0 Å². The van der Waals surface area contributed by atoms with E-state index in [0.29, 0.717) is 18.2 Å². The Balaban J connectivity index is 1.88. The van der Waals surface area contributed by atoms with Crippen LogP contribution in [-0.4, -0.2) is 24.8 Å². The molecule has 2 heterocycles. The first kappa shape index (κ1) is 12.7. The van der Waals surface area contributed by atoms with E-state index in [4.69, 9.17) is 15.2 Å². The molecule has 1 aliphatic rings. The molecule has 1 aromatic carbocycles. The fraction of sp³-hybridized carbons (Fsp3) is 0.357. The molecule has 1 saturated heterocycles. The lowest BCUT2D eigenvalue weighted by atomic mass is 10.1. The Hall–Kier alpha value is -1.33. The number of fused-ring (bicyclic) bond motifs is 1. The van der Waals surface area contributed by atoms with Gasteiger partial charge in [0.1, 0.15) is 11.3 Å². The molecule has 1 atom stereocenters. The largest absolute Gasteiger partial charge is 0.491 e. The van der Waals surface area contributed by atoms with Crippen LogP contribution in [0.1, 0.15) is 6.42 Å². The number of pyridine rings is 1. The van der Waals surface area contributed by atoms with Crippen LogP contribution in [0, 0.1) is 5.92 Å². The van der Waals surface area contributed by atoms with Gasteiger partial charge >= 0.3 is 0 Å². The zero-order valence-electron chi connectivity index (χ0n) is 10.4. The Morgan fingerprint density at radius 2 is 2.37 bits per heavy atom. The van der Waals surface area contributed by atoms with Gasteiger partial charge in [0.2, 0.25) is 0 Å². The van der Waals surface area contributed by atoms with Crippen molar-refractivity contribution >= 4 is 32.5 Å². The summed E-state index contributed by atoms with van der Waals surface area (Å²) in [5, 5.41) is 0.912. The van der Waals surface area contributed by atoms with Crippen LogP contribution in [0.3, 0.4) is 0 Å². The second-order valence-corrected chi connectivity index (χ2v) is 5.66. The topological polar surface area (TPSA) is 57.4 Å². The third kappa shape index (κ3) is 2.67. The van der Waals surface area contributed by atoms with Crippen LogP contribution < -0.4 is 10.5 Å². The Morgan fingerprint density at radius 3 is 3.16 bits per heavy atom. The number of nitrogens with two attached hydrogens (primary N) is 1. The van der Waals surface area contributed by atoms with Crippen LogP contribution in [0.5, 0.6) is 5.75 Å². The summed E-state index contributed by atoms with van der Waals surface area (Å²) in [6, 6.07) is 5.70. The highest BCUT2D eigenvalue weighted by molar-refractivity contribution is 9.10. The first-order valence-electron chi connectivity index (χ1n) is 6.28. The average Bonchev–Trinajstić information content (AvgIpc) is 2.92. The maximum Gasteiger partial charge on any atom is 0.145 e. The highest BCUT2D eigenvalue weighted by Gasteiger charge is 2.17. The molecule has 3 rings (SSSR count).